The minimum Gasteiger partial charge on any atom is -0.317 e. The van der Waals surface area contributed by atoms with E-state index >= 15 is 0 Å². The Balaban J connectivity index is 3.40. The second-order valence-electron chi connectivity index (χ2n) is 2.78. The lowest BCUT2D eigenvalue weighted by molar-refractivity contribution is 0.458. The number of hydrogen-bond acceptors (Lipinski definition) is 2. The molecule has 0 amide bonds. The summed E-state index contributed by atoms with van der Waals surface area (Å²) in [5.74, 6) is 1.21. The van der Waals surface area contributed by atoms with Crippen LogP contribution in [0, 0.1) is 11.8 Å². The van der Waals surface area contributed by atoms with Crippen molar-refractivity contribution in [1.82, 2.24) is 5.32 Å². The fraction of sp³-hybridized carbons (Fsp3) is 0.875. The van der Waals surface area contributed by atoms with Gasteiger partial charge in [0.05, 0.1) is 0 Å². The van der Waals surface area contributed by atoms with Gasteiger partial charge in [0, 0.05) is 0 Å². The van der Waals surface area contributed by atoms with Crippen LogP contribution in [0.4, 0.5) is 0 Å². The highest BCUT2D eigenvalue weighted by molar-refractivity contribution is 7.79. The summed E-state index contributed by atoms with van der Waals surface area (Å²) in [6.07, 6.45) is 0. The second-order valence-corrected chi connectivity index (χ2v) is 3.05. The standard InChI is InChI=1S/C8H17NS/c1-4-9-5-7(2)8(3)6-10/h6-9H,4-5H2,1-3H3. The van der Waals surface area contributed by atoms with Crippen molar-refractivity contribution >= 4 is 17.6 Å². The van der Waals surface area contributed by atoms with Gasteiger partial charge in [-0.1, -0.05) is 33.0 Å². The van der Waals surface area contributed by atoms with Gasteiger partial charge in [0.25, 0.3) is 0 Å². The van der Waals surface area contributed by atoms with Gasteiger partial charge >= 0.3 is 0 Å². The van der Waals surface area contributed by atoms with Crippen LogP contribution in [0.25, 0.3) is 0 Å². The van der Waals surface area contributed by atoms with Crippen molar-refractivity contribution in [2.24, 2.45) is 11.8 Å². The molecule has 2 atom stereocenters. The summed E-state index contributed by atoms with van der Waals surface area (Å²) in [6.45, 7) is 8.62. The van der Waals surface area contributed by atoms with E-state index in [4.69, 9.17) is 12.2 Å². The molecule has 0 aliphatic heterocycles. The molecule has 0 aromatic rings. The molecule has 0 bridgehead atoms. The normalized spacial score (nSPS) is 16.3. The predicted octanol–water partition coefficient (Wildman–Crippen LogP) is 1.87. The Morgan fingerprint density at radius 3 is 2.50 bits per heavy atom. The molecule has 1 nitrogen and oxygen atoms in total. The maximum Gasteiger partial charge on any atom is -0.00175 e. The zero-order chi connectivity index (χ0) is 7.98. The van der Waals surface area contributed by atoms with Gasteiger partial charge in [-0.25, -0.2) is 0 Å². The van der Waals surface area contributed by atoms with Crippen LogP contribution in [-0.2, 0) is 0 Å². The van der Waals surface area contributed by atoms with E-state index < -0.39 is 0 Å². The van der Waals surface area contributed by atoms with Gasteiger partial charge in [-0.15, -0.1) is 0 Å². The zero-order valence-electron chi connectivity index (χ0n) is 7.05. The molecule has 1 N–H and O–H groups in total. The van der Waals surface area contributed by atoms with E-state index in [1.807, 2.05) is 5.37 Å². The number of thiocarbonyl (C=S) groups is 1. The highest BCUT2D eigenvalue weighted by Gasteiger charge is 2.07. The van der Waals surface area contributed by atoms with Gasteiger partial charge < -0.3 is 5.32 Å². The van der Waals surface area contributed by atoms with E-state index in [2.05, 4.69) is 26.1 Å². The largest absolute Gasteiger partial charge is 0.317 e. The lowest BCUT2D eigenvalue weighted by atomic mass is 9.98. The first-order valence-electron chi connectivity index (χ1n) is 3.88. The summed E-state index contributed by atoms with van der Waals surface area (Å²) < 4.78 is 0. The summed E-state index contributed by atoms with van der Waals surface area (Å²) >= 11 is 4.85. The van der Waals surface area contributed by atoms with Gasteiger partial charge in [-0.2, -0.15) is 0 Å². The second kappa shape index (κ2) is 5.81. The third-order valence-corrected chi connectivity index (χ3v) is 2.26. The molecule has 0 aliphatic rings. The van der Waals surface area contributed by atoms with Crippen molar-refractivity contribution < 1.29 is 0 Å². The molecule has 0 fully saturated rings. The quantitative estimate of drug-likeness (QED) is 0.615. The fourth-order valence-electron chi connectivity index (χ4n) is 0.692. The van der Waals surface area contributed by atoms with Crippen molar-refractivity contribution in [2.75, 3.05) is 13.1 Å². The van der Waals surface area contributed by atoms with Crippen LogP contribution in [0.15, 0.2) is 0 Å². The minimum absolute atomic E-state index is 0.550. The molecule has 0 aromatic carbocycles. The molecule has 10 heavy (non-hydrogen) atoms. The molecule has 0 heterocycles. The van der Waals surface area contributed by atoms with Crippen molar-refractivity contribution in [1.29, 1.82) is 0 Å². The molecule has 0 rings (SSSR count). The minimum atomic E-state index is 0.550. The lowest BCUT2D eigenvalue weighted by Gasteiger charge is -2.14. The van der Waals surface area contributed by atoms with E-state index in [0.29, 0.717) is 11.8 Å². The van der Waals surface area contributed by atoms with Crippen LogP contribution in [0.1, 0.15) is 20.8 Å². The molecular formula is C8H17NS. The zero-order valence-corrected chi connectivity index (χ0v) is 7.87. The maximum absolute atomic E-state index is 4.85. The molecule has 0 aromatic heterocycles. The molecular weight excluding hydrogens is 142 g/mol. The third kappa shape index (κ3) is 3.96. The van der Waals surface area contributed by atoms with Crippen molar-refractivity contribution in [3.05, 3.63) is 0 Å². The number of nitrogens with one attached hydrogen (secondary N) is 1. The Labute approximate surface area is 69.2 Å². The first kappa shape index (κ1) is 10.0. The summed E-state index contributed by atoms with van der Waals surface area (Å²) in [5.41, 5.74) is 0. The van der Waals surface area contributed by atoms with Gasteiger partial charge in [-0.3, -0.25) is 0 Å². The van der Waals surface area contributed by atoms with Crippen LogP contribution in [-0.4, -0.2) is 18.5 Å². The Hall–Kier alpha value is 0.0500. The summed E-state index contributed by atoms with van der Waals surface area (Å²) in [4.78, 5) is 0. The first-order chi connectivity index (χ1) is 4.72. The Morgan fingerprint density at radius 1 is 1.50 bits per heavy atom. The smallest absolute Gasteiger partial charge is 0.00175 e. The van der Waals surface area contributed by atoms with E-state index in [-0.39, 0.29) is 0 Å². The van der Waals surface area contributed by atoms with Gasteiger partial charge in [0.1, 0.15) is 0 Å². The van der Waals surface area contributed by atoms with E-state index in [9.17, 15) is 0 Å². The van der Waals surface area contributed by atoms with E-state index in [1.165, 1.54) is 0 Å². The molecule has 0 aliphatic carbocycles. The summed E-state index contributed by atoms with van der Waals surface area (Å²) in [7, 11) is 0. The average Bonchev–Trinajstić information content (AvgIpc) is 1.98. The first-order valence-corrected chi connectivity index (χ1v) is 4.35. The monoisotopic (exact) mass is 159 g/mol. The van der Waals surface area contributed by atoms with Crippen LogP contribution in [0.5, 0.6) is 0 Å². The van der Waals surface area contributed by atoms with Gasteiger partial charge in [0.15, 0.2) is 0 Å². The van der Waals surface area contributed by atoms with Gasteiger partial charge in [0.2, 0.25) is 0 Å². The Morgan fingerprint density at radius 2 is 2.10 bits per heavy atom. The van der Waals surface area contributed by atoms with Crippen LogP contribution in [0.3, 0.4) is 0 Å². The fourth-order valence-corrected chi connectivity index (χ4v) is 0.960. The van der Waals surface area contributed by atoms with Crippen LogP contribution in [0.2, 0.25) is 0 Å². The molecule has 0 spiro atoms. The average molecular weight is 159 g/mol. The summed E-state index contributed by atoms with van der Waals surface area (Å²) in [5, 5.41) is 5.15. The van der Waals surface area contributed by atoms with Crippen LogP contribution < -0.4 is 5.32 Å². The Kier molecular flexibility index (Phi) is 5.84. The Bertz CT molecular complexity index is 93.3. The van der Waals surface area contributed by atoms with Crippen LogP contribution >= 0.6 is 12.2 Å². The van der Waals surface area contributed by atoms with Crippen molar-refractivity contribution in [3.8, 4) is 0 Å². The molecule has 0 saturated carbocycles. The molecule has 0 radical (unpaired) electrons. The molecule has 0 saturated heterocycles. The molecule has 2 unspecified atom stereocenters. The number of rotatable bonds is 5. The topological polar surface area (TPSA) is 12.0 Å². The highest BCUT2D eigenvalue weighted by Crippen LogP contribution is 2.06. The molecule has 2 heteroatoms. The maximum atomic E-state index is 4.85. The van der Waals surface area contributed by atoms with Gasteiger partial charge in [-0.05, 0) is 30.3 Å². The van der Waals surface area contributed by atoms with Crippen molar-refractivity contribution in [2.45, 2.75) is 20.8 Å². The van der Waals surface area contributed by atoms with E-state index in [0.717, 1.165) is 13.1 Å². The summed E-state index contributed by atoms with van der Waals surface area (Å²) in [6, 6.07) is 0. The SMILES string of the molecule is CCNCC(C)C(C)C=S. The third-order valence-electron chi connectivity index (χ3n) is 1.83. The molecule has 60 valence electrons. The number of hydrogen-bond donors (Lipinski definition) is 1. The predicted molar refractivity (Wildman–Crippen MR) is 50.5 cm³/mol. The van der Waals surface area contributed by atoms with Crippen molar-refractivity contribution in [3.63, 3.8) is 0 Å². The lowest BCUT2D eigenvalue weighted by Crippen LogP contribution is -2.25. The highest BCUT2D eigenvalue weighted by atomic mass is 32.1. The van der Waals surface area contributed by atoms with E-state index in [1.54, 1.807) is 0 Å².